The number of hydrogen-bond donors (Lipinski definition) is 1. The minimum Gasteiger partial charge on any atom is -0.481 e. The average molecular weight is 266 g/mol. The summed E-state index contributed by atoms with van der Waals surface area (Å²) in [5, 5.41) is 8.52. The topological polar surface area (TPSA) is 80.7 Å². The van der Waals surface area contributed by atoms with Crippen LogP contribution in [0.5, 0.6) is 0 Å². The minimum atomic E-state index is -1.26. The summed E-state index contributed by atoms with van der Waals surface area (Å²) < 4.78 is 4.79. The van der Waals surface area contributed by atoms with Crippen LogP contribution in [0, 0.1) is 23.2 Å². The molecule has 4 rings (SSSR count). The molecule has 0 aromatic carbocycles. The number of ether oxygens (including phenoxy) is 1. The van der Waals surface area contributed by atoms with E-state index in [4.69, 9.17) is 9.84 Å². The fraction of sp³-hybridized carbons (Fsp3) is 0.786. The van der Waals surface area contributed by atoms with Gasteiger partial charge >= 0.3 is 17.9 Å². The monoisotopic (exact) mass is 266 g/mol. The highest BCUT2D eigenvalue weighted by molar-refractivity contribution is 5.96. The summed E-state index contributed by atoms with van der Waals surface area (Å²) in [6.07, 6.45) is 5.33. The highest BCUT2D eigenvalue weighted by Gasteiger charge is 2.55. The molecule has 0 radical (unpaired) electrons. The van der Waals surface area contributed by atoms with Crippen molar-refractivity contribution in [3.8, 4) is 0 Å². The third kappa shape index (κ3) is 2.26. The number of carbonyl (C=O) groups excluding carboxylic acids is 2. The van der Waals surface area contributed by atoms with Gasteiger partial charge in [0.1, 0.15) is 6.42 Å². The van der Waals surface area contributed by atoms with Crippen molar-refractivity contribution in [2.75, 3.05) is 0 Å². The van der Waals surface area contributed by atoms with Crippen LogP contribution >= 0.6 is 0 Å². The number of carboxylic acids is 1. The Morgan fingerprint density at radius 3 is 1.89 bits per heavy atom. The Bertz CT molecular complexity index is 404. The molecule has 5 nitrogen and oxygen atoms in total. The molecule has 0 aromatic heterocycles. The second-order valence-electron chi connectivity index (χ2n) is 6.53. The van der Waals surface area contributed by atoms with Gasteiger partial charge in [-0.1, -0.05) is 0 Å². The van der Waals surface area contributed by atoms with Crippen LogP contribution in [0.3, 0.4) is 0 Å². The van der Waals surface area contributed by atoms with E-state index in [0.717, 1.165) is 19.3 Å². The molecule has 0 saturated heterocycles. The zero-order valence-electron chi connectivity index (χ0n) is 10.8. The number of esters is 2. The van der Waals surface area contributed by atoms with E-state index in [-0.39, 0.29) is 0 Å². The Balaban J connectivity index is 1.69. The van der Waals surface area contributed by atoms with Gasteiger partial charge in [0.05, 0.1) is 5.41 Å². The molecule has 0 atom stereocenters. The first-order valence-electron chi connectivity index (χ1n) is 6.94. The van der Waals surface area contributed by atoms with E-state index in [1.165, 1.54) is 19.3 Å². The Kier molecular flexibility index (Phi) is 2.87. The van der Waals surface area contributed by atoms with E-state index in [1.807, 2.05) is 0 Å². The lowest BCUT2D eigenvalue weighted by Gasteiger charge is -2.54. The van der Waals surface area contributed by atoms with Gasteiger partial charge in [0, 0.05) is 0 Å². The molecule has 0 spiro atoms. The van der Waals surface area contributed by atoms with Crippen molar-refractivity contribution in [3.05, 3.63) is 0 Å². The van der Waals surface area contributed by atoms with Crippen LogP contribution in [0.2, 0.25) is 0 Å². The Hall–Kier alpha value is -1.39. The molecule has 0 aromatic rings. The van der Waals surface area contributed by atoms with Crippen molar-refractivity contribution in [2.24, 2.45) is 23.2 Å². The molecule has 4 saturated carbocycles. The van der Waals surface area contributed by atoms with Gasteiger partial charge in [0.15, 0.2) is 0 Å². The number of carbonyl (C=O) groups is 3. The summed E-state index contributed by atoms with van der Waals surface area (Å²) >= 11 is 0. The lowest BCUT2D eigenvalue weighted by molar-refractivity contribution is -0.179. The fourth-order valence-corrected chi connectivity index (χ4v) is 4.73. The van der Waals surface area contributed by atoms with Crippen LogP contribution in [0.4, 0.5) is 0 Å². The molecule has 5 heteroatoms. The lowest BCUT2D eigenvalue weighted by atomic mass is 9.49. The van der Waals surface area contributed by atoms with Gasteiger partial charge in [-0.25, -0.2) is 0 Å². The zero-order chi connectivity index (χ0) is 13.6. The number of aliphatic carboxylic acids is 1. The molecule has 104 valence electrons. The van der Waals surface area contributed by atoms with E-state index in [9.17, 15) is 14.4 Å². The molecular weight excluding hydrogens is 248 g/mol. The van der Waals surface area contributed by atoms with Crippen LogP contribution in [-0.2, 0) is 19.1 Å². The van der Waals surface area contributed by atoms with Gasteiger partial charge in [-0.15, -0.1) is 0 Å². The van der Waals surface area contributed by atoms with Crippen LogP contribution in [0.1, 0.15) is 44.9 Å². The van der Waals surface area contributed by atoms with Crippen LogP contribution in [-0.4, -0.2) is 23.0 Å². The molecule has 4 bridgehead atoms. The summed E-state index contributed by atoms with van der Waals surface area (Å²) in [4.78, 5) is 34.0. The first-order valence-corrected chi connectivity index (χ1v) is 6.94. The maximum absolute atomic E-state index is 12.3. The molecule has 0 unspecified atom stereocenters. The van der Waals surface area contributed by atoms with Crippen molar-refractivity contribution in [3.63, 3.8) is 0 Å². The van der Waals surface area contributed by atoms with Gasteiger partial charge in [-0.2, -0.15) is 0 Å². The number of rotatable bonds is 3. The third-order valence-corrected chi connectivity index (χ3v) is 4.97. The molecule has 0 heterocycles. The third-order valence-electron chi connectivity index (χ3n) is 4.97. The Labute approximate surface area is 111 Å². The maximum atomic E-state index is 12.3. The molecular formula is C14H18O5. The van der Waals surface area contributed by atoms with E-state index in [1.54, 1.807) is 0 Å². The SMILES string of the molecule is O=C(O)CC(=O)OC(=O)C12CC3CC(CC(C3)C1)C2. The second-order valence-corrected chi connectivity index (χ2v) is 6.53. The maximum Gasteiger partial charge on any atom is 0.324 e. The summed E-state index contributed by atoms with van der Waals surface area (Å²) in [7, 11) is 0. The van der Waals surface area contributed by atoms with Crippen molar-refractivity contribution < 1.29 is 24.2 Å². The molecule has 0 aliphatic heterocycles. The average Bonchev–Trinajstić information content (AvgIpc) is 2.25. The van der Waals surface area contributed by atoms with Crippen molar-refractivity contribution in [2.45, 2.75) is 44.9 Å². The van der Waals surface area contributed by atoms with Crippen molar-refractivity contribution in [1.82, 2.24) is 0 Å². The second kappa shape index (κ2) is 4.32. The van der Waals surface area contributed by atoms with Crippen LogP contribution in [0.15, 0.2) is 0 Å². The van der Waals surface area contributed by atoms with Gasteiger partial charge in [-0.05, 0) is 56.3 Å². The summed E-state index contributed by atoms with van der Waals surface area (Å²) in [5.41, 5.74) is -0.497. The Morgan fingerprint density at radius 1 is 1.00 bits per heavy atom. The van der Waals surface area contributed by atoms with Crippen molar-refractivity contribution >= 4 is 17.9 Å². The van der Waals surface area contributed by atoms with Gasteiger partial charge in [0.25, 0.3) is 0 Å². The first-order chi connectivity index (χ1) is 8.97. The quantitative estimate of drug-likeness (QED) is 0.621. The fourth-order valence-electron chi connectivity index (χ4n) is 4.73. The largest absolute Gasteiger partial charge is 0.481 e. The highest BCUT2D eigenvalue weighted by Crippen LogP contribution is 2.60. The standard InChI is InChI=1S/C14H18O5/c15-11(16)4-12(17)19-13(18)14-5-8-1-9(6-14)3-10(2-8)7-14/h8-10H,1-7H2,(H,15,16). The first kappa shape index (κ1) is 12.6. The number of hydrogen-bond acceptors (Lipinski definition) is 4. The molecule has 19 heavy (non-hydrogen) atoms. The van der Waals surface area contributed by atoms with E-state index in [0.29, 0.717) is 17.8 Å². The molecule has 4 aliphatic carbocycles. The normalized spacial score (nSPS) is 39.1. The summed E-state index contributed by atoms with van der Waals surface area (Å²) in [6.45, 7) is 0. The lowest BCUT2D eigenvalue weighted by Crippen LogP contribution is -2.51. The van der Waals surface area contributed by atoms with E-state index < -0.39 is 29.7 Å². The molecule has 4 aliphatic rings. The summed E-state index contributed by atoms with van der Waals surface area (Å²) in [6, 6.07) is 0. The van der Waals surface area contributed by atoms with E-state index in [2.05, 4.69) is 0 Å². The van der Waals surface area contributed by atoms with Gasteiger partial charge in [-0.3, -0.25) is 14.4 Å². The van der Waals surface area contributed by atoms with E-state index >= 15 is 0 Å². The molecule has 4 fully saturated rings. The molecule has 1 N–H and O–H groups in total. The predicted octanol–water partition coefficient (Wildman–Crippen LogP) is 1.75. The molecule has 0 amide bonds. The zero-order valence-corrected chi connectivity index (χ0v) is 10.8. The highest BCUT2D eigenvalue weighted by atomic mass is 16.6. The Morgan fingerprint density at radius 2 is 1.47 bits per heavy atom. The van der Waals surface area contributed by atoms with Gasteiger partial charge < -0.3 is 9.84 Å². The number of carboxylic acid groups (broad SMARTS) is 1. The van der Waals surface area contributed by atoms with Crippen molar-refractivity contribution in [1.29, 1.82) is 0 Å². The smallest absolute Gasteiger partial charge is 0.324 e. The van der Waals surface area contributed by atoms with Gasteiger partial charge in [0.2, 0.25) is 0 Å². The minimum absolute atomic E-state index is 0.474. The summed E-state index contributed by atoms with van der Waals surface area (Å²) in [5.74, 6) is -0.899. The van der Waals surface area contributed by atoms with Crippen LogP contribution in [0.25, 0.3) is 0 Å². The predicted molar refractivity (Wildman–Crippen MR) is 64.0 cm³/mol. The van der Waals surface area contributed by atoms with Crippen LogP contribution < -0.4 is 0 Å².